The minimum absolute atomic E-state index is 0.0468. The molecule has 1 aromatic carbocycles. The largest absolute Gasteiger partial charge is 0.481 e. The van der Waals surface area contributed by atoms with E-state index in [9.17, 15) is 13.2 Å². The highest BCUT2D eigenvalue weighted by Crippen LogP contribution is 2.23. The van der Waals surface area contributed by atoms with Gasteiger partial charge in [-0.05, 0) is 43.5 Å². The Labute approximate surface area is 137 Å². The third-order valence-electron chi connectivity index (χ3n) is 4.01. The number of carboxylic acid groups (broad SMARTS) is 1. The Kier molecular flexibility index (Phi) is 6.56. The highest BCUT2D eigenvalue weighted by molar-refractivity contribution is 7.89. The predicted molar refractivity (Wildman–Crippen MR) is 87.7 cm³/mol. The Hall–Kier alpha value is -1.44. The summed E-state index contributed by atoms with van der Waals surface area (Å²) in [5.74, 6) is -0.926. The van der Waals surface area contributed by atoms with Crippen molar-refractivity contribution in [3.8, 4) is 0 Å². The predicted octanol–water partition coefficient (Wildman–Crippen LogP) is 2.03. The molecule has 1 saturated heterocycles. The van der Waals surface area contributed by atoms with E-state index in [0.717, 1.165) is 18.5 Å². The SMILES string of the molecule is O=C(O)CCCNS(=O)(=O)c1ccc(C2CCCCCN2)cc1. The molecule has 0 amide bonds. The number of hydrogen-bond acceptors (Lipinski definition) is 4. The van der Waals surface area contributed by atoms with Crippen LogP contribution < -0.4 is 10.0 Å². The Morgan fingerprint density at radius 3 is 2.65 bits per heavy atom. The van der Waals surface area contributed by atoms with Gasteiger partial charge in [-0.1, -0.05) is 25.0 Å². The van der Waals surface area contributed by atoms with Gasteiger partial charge in [0.2, 0.25) is 10.0 Å². The molecular formula is C16H24N2O4S. The van der Waals surface area contributed by atoms with Crippen LogP contribution in [0.1, 0.15) is 50.1 Å². The van der Waals surface area contributed by atoms with E-state index in [1.165, 1.54) is 19.3 Å². The van der Waals surface area contributed by atoms with Crippen LogP contribution in [0.15, 0.2) is 29.2 Å². The zero-order chi connectivity index (χ0) is 16.7. The molecule has 3 N–H and O–H groups in total. The second-order valence-electron chi connectivity index (χ2n) is 5.82. The molecule has 1 fully saturated rings. The summed E-state index contributed by atoms with van der Waals surface area (Å²) in [6, 6.07) is 7.23. The first kappa shape index (κ1) is 17.9. The van der Waals surface area contributed by atoms with Crippen molar-refractivity contribution < 1.29 is 18.3 Å². The van der Waals surface area contributed by atoms with Gasteiger partial charge >= 0.3 is 5.97 Å². The molecule has 0 aliphatic carbocycles. The van der Waals surface area contributed by atoms with Crippen molar-refractivity contribution in [1.29, 1.82) is 0 Å². The number of nitrogens with one attached hydrogen (secondary N) is 2. The van der Waals surface area contributed by atoms with E-state index >= 15 is 0 Å². The van der Waals surface area contributed by atoms with E-state index in [-0.39, 0.29) is 30.3 Å². The zero-order valence-electron chi connectivity index (χ0n) is 13.1. The first-order valence-electron chi connectivity index (χ1n) is 8.04. The van der Waals surface area contributed by atoms with Gasteiger partial charge in [-0.2, -0.15) is 0 Å². The summed E-state index contributed by atoms with van der Waals surface area (Å²) in [5, 5.41) is 12.0. The number of carbonyl (C=O) groups is 1. The molecule has 0 aromatic heterocycles. The summed E-state index contributed by atoms with van der Waals surface area (Å²) in [6.45, 7) is 1.12. The molecular weight excluding hydrogens is 316 g/mol. The van der Waals surface area contributed by atoms with Crippen LogP contribution >= 0.6 is 0 Å². The van der Waals surface area contributed by atoms with Gasteiger partial charge < -0.3 is 10.4 Å². The van der Waals surface area contributed by atoms with Crippen LogP contribution in [-0.4, -0.2) is 32.6 Å². The summed E-state index contributed by atoms with van der Waals surface area (Å²) in [4.78, 5) is 10.6. The molecule has 1 unspecified atom stereocenters. The Morgan fingerprint density at radius 1 is 1.22 bits per heavy atom. The molecule has 2 rings (SSSR count). The lowest BCUT2D eigenvalue weighted by molar-refractivity contribution is -0.137. The maximum Gasteiger partial charge on any atom is 0.303 e. The fourth-order valence-electron chi connectivity index (χ4n) is 2.72. The fraction of sp³-hybridized carbons (Fsp3) is 0.562. The van der Waals surface area contributed by atoms with E-state index in [2.05, 4.69) is 10.0 Å². The zero-order valence-corrected chi connectivity index (χ0v) is 13.9. The Morgan fingerprint density at radius 2 is 1.96 bits per heavy atom. The molecule has 0 radical (unpaired) electrons. The quantitative estimate of drug-likeness (QED) is 0.660. The summed E-state index contributed by atoms with van der Waals surface area (Å²) >= 11 is 0. The third kappa shape index (κ3) is 5.60. The Balaban J connectivity index is 1.95. The average Bonchev–Trinajstić information content (AvgIpc) is 2.81. The molecule has 1 heterocycles. The topological polar surface area (TPSA) is 95.5 Å². The maximum absolute atomic E-state index is 12.1. The van der Waals surface area contributed by atoms with Crippen molar-refractivity contribution in [2.75, 3.05) is 13.1 Å². The minimum Gasteiger partial charge on any atom is -0.481 e. The van der Waals surface area contributed by atoms with E-state index in [0.29, 0.717) is 0 Å². The van der Waals surface area contributed by atoms with Crippen LogP contribution in [0.3, 0.4) is 0 Å². The van der Waals surface area contributed by atoms with Crippen LogP contribution in [0.25, 0.3) is 0 Å². The molecule has 0 spiro atoms. The first-order chi connectivity index (χ1) is 11.0. The van der Waals surface area contributed by atoms with Crippen LogP contribution in [0.5, 0.6) is 0 Å². The average molecular weight is 340 g/mol. The van der Waals surface area contributed by atoms with Crippen molar-refractivity contribution in [2.24, 2.45) is 0 Å². The molecule has 1 aliphatic heterocycles. The summed E-state index contributed by atoms with van der Waals surface area (Å²) < 4.78 is 26.7. The minimum atomic E-state index is -3.58. The lowest BCUT2D eigenvalue weighted by Crippen LogP contribution is -2.25. The number of rotatable bonds is 7. The van der Waals surface area contributed by atoms with E-state index < -0.39 is 16.0 Å². The maximum atomic E-state index is 12.1. The van der Waals surface area contributed by atoms with Crippen molar-refractivity contribution in [2.45, 2.75) is 49.5 Å². The normalized spacial score (nSPS) is 19.2. The van der Waals surface area contributed by atoms with E-state index in [4.69, 9.17) is 5.11 Å². The van der Waals surface area contributed by atoms with Gasteiger partial charge in [0.05, 0.1) is 4.90 Å². The molecule has 1 aliphatic rings. The van der Waals surface area contributed by atoms with Crippen molar-refractivity contribution in [3.63, 3.8) is 0 Å². The molecule has 7 heteroatoms. The lowest BCUT2D eigenvalue weighted by Gasteiger charge is -2.16. The highest BCUT2D eigenvalue weighted by Gasteiger charge is 2.17. The number of benzene rings is 1. The molecule has 0 saturated carbocycles. The second kappa shape index (κ2) is 8.42. The van der Waals surface area contributed by atoms with Gasteiger partial charge in [0.1, 0.15) is 0 Å². The number of carboxylic acids is 1. The van der Waals surface area contributed by atoms with Gasteiger partial charge in [-0.3, -0.25) is 4.79 Å². The lowest BCUT2D eigenvalue weighted by atomic mass is 10.0. The standard InChI is InChI=1S/C16H24N2O4S/c19-16(20)6-4-12-18-23(21,22)14-9-7-13(8-10-14)15-5-2-1-3-11-17-15/h7-10,15,17-18H,1-6,11-12H2,(H,19,20). The number of hydrogen-bond donors (Lipinski definition) is 3. The van der Waals surface area contributed by atoms with Crippen molar-refractivity contribution >= 4 is 16.0 Å². The van der Waals surface area contributed by atoms with Gasteiger partial charge in [0, 0.05) is 19.0 Å². The first-order valence-corrected chi connectivity index (χ1v) is 9.52. The second-order valence-corrected chi connectivity index (χ2v) is 7.59. The molecule has 6 nitrogen and oxygen atoms in total. The van der Waals surface area contributed by atoms with Crippen molar-refractivity contribution in [1.82, 2.24) is 10.0 Å². The Bertz CT molecular complexity index is 605. The number of sulfonamides is 1. The summed E-state index contributed by atoms with van der Waals surface area (Å²) in [5.41, 5.74) is 1.11. The monoisotopic (exact) mass is 340 g/mol. The van der Waals surface area contributed by atoms with Crippen LogP contribution in [-0.2, 0) is 14.8 Å². The van der Waals surface area contributed by atoms with Crippen LogP contribution in [0, 0.1) is 0 Å². The molecule has 128 valence electrons. The number of aliphatic carboxylic acids is 1. The molecule has 0 bridgehead atoms. The van der Waals surface area contributed by atoms with Crippen LogP contribution in [0.4, 0.5) is 0 Å². The van der Waals surface area contributed by atoms with Gasteiger partial charge in [0.25, 0.3) is 0 Å². The van der Waals surface area contributed by atoms with Crippen LogP contribution in [0.2, 0.25) is 0 Å². The smallest absolute Gasteiger partial charge is 0.303 e. The highest BCUT2D eigenvalue weighted by atomic mass is 32.2. The summed E-state index contributed by atoms with van der Waals surface area (Å²) in [7, 11) is -3.58. The van der Waals surface area contributed by atoms with Gasteiger partial charge in [-0.15, -0.1) is 0 Å². The fourth-order valence-corrected chi connectivity index (χ4v) is 3.80. The van der Waals surface area contributed by atoms with Crippen molar-refractivity contribution in [3.05, 3.63) is 29.8 Å². The van der Waals surface area contributed by atoms with Gasteiger partial charge in [-0.25, -0.2) is 13.1 Å². The molecule has 1 aromatic rings. The van der Waals surface area contributed by atoms with E-state index in [1.54, 1.807) is 12.1 Å². The molecule has 23 heavy (non-hydrogen) atoms. The third-order valence-corrected chi connectivity index (χ3v) is 5.49. The van der Waals surface area contributed by atoms with E-state index in [1.807, 2.05) is 12.1 Å². The van der Waals surface area contributed by atoms with Gasteiger partial charge in [0.15, 0.2) is 0 Å². The summed E-state index contributed by atoms with van der Waals surface area (Å²) in [6.07, 6.45) is 4.90. The molecule has 1 atom stereocenters.